The van der Waals surface area contributed by atoms with E-state index in [9.17, 15) is 14.4 Å². The minimum atomic E-state index is -0.668. The number of para-hydroxylation sites is 2. The van der Waals surface area contributed by atoms with E-state index >= 15 is 0 Å². The third-order valence-electron chi connectivity index (χ3n) is 3.26. The molecule has 0 spiro atoms. The van der Waals surface area contributed by atoms with Gasteiger partial charge >= 0.3 is 5.97 Å². The van der Waals surface area contributed by atoms with Gasteiger partial charge in [-0.15, -0.1) is 5.10 Å². The number of esters is 1. The van der Waals surface area contributed by atoms with Gasteiger partial charge in [0.2, 0.25) is 11.6 Å². The Morgan fingerprint density at radius 2 is 2.12 bits per heavy atom. The van der Waals surface area contributed by atoms with Gasteiger partial charge in [-0.3, -0.25) is 14.2 Å². The van der Waals surface area contributed by atoms with Gasteiger partial charge < -0.3 is 10.1 Å². The quantitative estimate of drug-likeness (QED) is 0.677. The van der Waals surface area contributed by atoms with Crippen LogP contribution in [0.1, 0.15) is 17.4 Å². The van der Waals surface area contributed by atoms with Crippen LogP contribution in [0.2, 0.25) is 0 Å². The molecule has 2 heterocycles. The Labute approximate surface area is 145 Å². The van der Waals surface area contributed by atoms with E-state index in [0.29, 0.717) is 11.0 Å². The predicted octanol–water partition coefficient (Wildman–Crippen LogP) is 1.06. The lowest BCUT2D eigenvalue weighted by molar-refractivity contribution is -0.116. The second-order valence-electron chi connectivity index (χ2n) is 4.89. The van der Waals surface area contributed by atoms with Crippen LogP contribution < -0.4 is 10.9 Å². The first-order valence-corrected chi connectivity index (χ1v) is 8.11. The molecular formula is C15H13N5O4S. The third kappa shape index (κ3) is 3.53. The standard InChI is InChI=1S/C15H13N5O4S/c1-2-24-15(23)13-14(25-19-18-13)17-11(21)8-20-10-6-4-3-5-9(10)16-7-12(20)22/h3-7H,2,8H2,1H3,(H,17,21). The molecular weight excluding hydrogens is 346 g/mol. The molecule has 25 heavy (non-hydrogen) atoms. The average molecular weight is 359 g/mol. The van der Waals surface area contributed by atoms with E-state index in [1.165, 1.54) is 4.57 Å². The van der Waals surface area contributed by atoms with Crippen molar-refractivity contribution in [1.82, 2.24) is 19.1 Å². The number of hydrogen-bond acceptors (Lipinski definition) is 8. The first-order chi connectivity index (χ1) is 12.1. The predicted molar refractivity (Wildman–Crippen MR) is 90.5 cm³/mol. The fraction of sp³-hybridized carbons (Fsp3) is 0.200. The van der Waals surface area contributed by atoms with E-state index in [1.807, 2.05) is 0 Å². The smallest absolute Gasteiger partial charge is 0.362 e. The van der Waals surface area contributed by atoms with E-state index in [4.69, 9.17) is 4.74 Å². The minimum Gasteiger partial charge on any atom is -0.461 e. The molecule has 0 aliphatic heterocycles. The summed E-state index contributed by atoms with van der Waals surface area (Å²) < 4.78 is 9.81. The number of nitrogens with zero attached hydrogens (tertiary/aromatic N) is 4. The number of carbonyl (C=O) groups is 2. The summed E-state index contributed by atoms with van der Waals surface area (Å²) in [4.78, 5) is 40.2. The van der Waals surface area contributed by atoms with Gasteiger partial charge in [-0.25, -0.2) is 9.78 Å². The van der Waals surface area contributed by atoms with E-state index in [2.05, 4.69) is 19.9 Å². The molecule has 9 nitrogen and oxygen atoms in total. The van der Waals surface area contributed by atoms with E-state index < -0.39 is 17.4 Å². The topological polar surface area (TPSA) is 116 Å². The Morgan fingerprint density at radius 1 is 1.32 bits per heavy atom. The zero-order valence-electron chi connectivity index (χ0n) is 13.1. The van der Waals surface area contributed by atoms with Crippen molar-refractivity contribution in [3.8, 4) is 0 Å². The molecule has 0 bridgehead atoms. The maximum atomic E-state index is 12.3. The molecule has 0 atom stereocenters. The van der Waals surface area contributed by atoms with Crippen molar-refractivity contribution in [2.24, 2.45) is 0 Å². The van der Waals surface area contributed by atoms with Gasteiger partial charge in [0.15, 0.2) is 5.00 Å². The molecule has 1 aromatic carbocycles. The highest BCUT2D eigenvalue weighted by atomic mass is 32.1. The van der Waals surface area contributed by atoms with Crippen LogP contribution in [0.3, 0.4) is 0 Å². The Morgan fingerprint density at radius 3 is 2.92 bits per heavy atom. The van der Waals surface area contributed by atoms with Gasteiger partial charge in [-0.2, -0.15) is 0 Å². The molecule has 3 rings (SSSR count). The molecule has 0 aliphatic carbocycles. The normalized spacial score (nSPS) is 10.6. The van der Waals surface area contributed by atoms with Gasteiger partial charge in [-0.05, 0) is 19.1 Å². The zero-order chi connectivity index (χ0) is 17.8. The lowest BCUT2D eigenvalue weighted by atomic mass is 10.3. The second kappa shape index (κ2) is 7.18. The highest BCUT2D eigenvalue weighted by Crippen LogP contribution is 2.18. The van der Waals surface area contributed by atoms with Crippen molar-refractivity contribution >= 4 is 39.4 Å². The molecule has 1 amide bonds. The number of carbonyl (C=O) groups excluding carboxylic acids is 2. The minimum absolute atomic E-state index is 0.0628. The number of fused-ring (bicyclic) bond motifs is 1. The van der Waals surface area contributed by atoms with Gasteiger partial charge in [0, 0.05) is 11.5 Å². The van der Waals surface area contributed by atoms with Crippen molar-refractivity contribution in [3.05, 3.63) is 46.5 Å². The molecule has 3 aromatic rings. The fourth-order valence-corrected chi connectivity index (χ4v) is 2.77. The SMILES string of the molecule is CCOC(=O)c1nnsc1NC(=O)Cn1c(=O)cnc2ccccc21. The molecule has 2 aromatic heterocycles. The maximum Gasteiger partial charge on any atom is 0.362 e. The summed E-state index contributed by atoms with van der Waals surface area (Å²) in [6.07, 6.45) is 1.16. The summed E-state index contributed by atoms with van der Waals surface area (Å²) in [6.45, 7) is 1.61. The average Bonchev–Trinajstić information content (AvgIpc) is 3.06. The Balaban J connectivity index is 1.83. The molecule has 10 heteroatoms. The molecule has 1 N–H and O–H groups in total. The number of ether oxygens (including phenoxy) is 1. The van der Waals surface area contributed by atoms with Crippen molar-refractivity contribution < 1.29 is 14.3 Å². The van der Waals surface area contributed by atoms with E-state index in [0.717, 1.165) is 17.7 Å². The van der Waals surface area contributed by atoms with Crippen LogP contribution in [0.4, 0.5) is 5.00 Å². The summed E-state index contributed by atoms with van der Waals surface area (Å²) in [5, 5.41) is 6.38. The van der Waals surface area contributed by atoms with Crippen molar-refractivity contribution in [1.29, 1.82) is 0 Å². The molecule has 0 radical (unpaired) electrons. The van der Waals surface area contributed by atoms with Gasteiger partial charge in [0.05, 0.1) is 23.8 Å². The van der Waals surface area contributed by atoms with Crippen LogP contribution in [-0.4, -0.2) is 37.6 Å². The monoisotopic (exact) mass is 359 g/mol. The van der Waals surface area contributed by atoms with Crippen LogP contribution in [-0.2, 0) is 16.1 Å². The van der Waals surface area contributed by atoms with Crippen LogP contribution in [0.25, 0.3) is 11.0 Å². The highest BCUT2D eigenvalue weighted by molar-refractivity contribution is 7.10. The Kier molecular flexibility index (Phi) is 4.80. The number of aromatic nitrogens is 4. The number of nitrogens with one attached hydrogen (secondary N) is 1. The molecule has 0 fully saturated rings. The number of benzene rings is 1. The summed E-state index contributed by atoms with van der Waals surface area (Å²) >= 11 is 0.857. The number of anilines is 1. The summed E-state index contributed by atoms with van der Waals surface area (Å²) in [5.74, 6) is -1.16. The molecule has 0 unspecified atom stereocenters. The first-order valence-electron chi connectivity index (χ1n) is 7.34. The molecule has 0 saturated heterocycles. The summed E-state index contributed by atoms with van der Waals surface area (Å²) in [7, 11) is 0. The maximum absolute atomic E-state index is 12.3. The van der Waals surface area contributed by atoms with E-state index in [-0.39, 0.29) is 23.8 Å². The Hall–Kier alpha value is -3.14. The van der Waals surface area contributed by atoms with Crippen molar-refractivity contribution in [3.63, 3.8) is 0 Å². The van der Waals surface area contributed by atoms with Crippen LogP contribution in [0.5, 0.6) is 0 Å². The lowest BCUT2D eigenvalue weighted by Gasteiger charge is -2.09. The van der Waals surface area contributed by atoms with Gasteiger partial charge in [-0.1, -0.05) is 16.6 Å². The summed E-state index contributed by atoms with van der Waals surface area (Å²) in [6, 6.07) is 6.99. The van der Waals surface area contributed by atoms with Crippen molar-refractivity contribution in [2.45, 2.75) is 13.5 Å². The fourth-order valence-electron chi connectivity index (χ4n) is 2.19. The second-order valence-corrected chi connectivity index (χ2v) is 5.64. The van der Waals surface area contributed by atoms with E-state index in [1.54, 1.807) is 31.2 Å². The first kappa shape index (κ1) is 16.7. The lowest BCUT2D eigenvalue weighted by Crippen LogP contribution is -2.28. The molecule has 0 aliphatic rings. The van der Waals surface area contributed by atoms with Gasteiger partial charge in [0.25, 0.3) is 5.56 Å². The third-order valence-corrected chi connectivity index (χ3v) is 3.91. The van der Waals surface area contributed by atoms with Crippen LogP contribution >= 0.6 is 11.5 Å². The number of amides is 1. The van der Waals surface area contributed by atoms with Crippen molar-refractivity contribution in [2.75, 3.05) is 11.9 Å². The highest BCUT2D eigenvalue weighted by Gasteiger charge is 2.20. The Bertz CT molecular complexity index is 997. The molecule has 128 valence electrons. The number of rotatable bonds is 5. The molecule has 0 saturated carbocycles. The summed E-state index contributed by atoms with van der Waals surface area (Å²) in [5.41, 5.74) is 0.675. The van der Waals surface area contributed by atoms with Crippen LogP contribution in [0.15, 0.2) is 35.3 Å². The zero-order valence-corrected chi connectivity index (χ0v) is 13.9. The van der Waals surface area contributed by atoms with Crippen LogP contribution in [0, 0.1) is 0 Å². The largest absolute Gasteiger partial charge is 0.461 e. The number of hydrogen-bond donors (Lipinski definition) is 1. The van der Waals surface area contributed by atoms with Gasteiger partial charge in [0.1, 0.15) is 6.54 Å².